The Labute approximate surface area is 180 Å². The average molecular weight is 424 g/mol. The quantitative estimate of drug-likeness (QED) is 0.711. The maximum absolute atomic E-state index is 13.8. The summed E-state index contributed by atoms with van der Waals surface area (Å²) in [6.07, 6.45) is 1.37. The van der Waals surface area contributed by atoms with Crippen LogP contribution in [0.2, 0.25) is 0 Å². The van der Waals surface area contributed by atoms with E-state index < -0.39 is 29.6 Å². The van der Waals surface area contributed by atoms with Gasteiger partial charge in [0, 0.05) is 5.92 Å². The van der Waals surface area contributed by atoms with E-state index in [4.69, 9.17) is 4.74 Å². The summed E-state index contributed by atoms with van der Waals surface area (Å²) in [6, 6.07) is 8.09. The van der Waals surface area contributed by atoms with Crippen LogP contribution in [0.3, 0.4) is 0 Å². The third-order valence-electron chi connectivity index (χ3n) is 7.31. The van der Waals surface area contributed by atoms with Gasteiger partial charge in [-0.2, -0.15) is 0 Å². The zero-order valence-electron chi connectivity index (χ0n) is 17.9. The number of ether oxygens (including phenoxy) is 1. The van der Waals surface area contributed by atoms with E-state index in [1.165, 1.54) is 6.07 Å². The van der Waals surface area contributed by atoms with Crippen molar-refractivity contribution in [3.05, 3.63) is 75.5 Å². The molecule has 5 atom stereocenters. The molecule has 2 fully saturated rings. The van der Waals surface area contributed by atoms with E-state index in [0.29, 0.717) is 17.6 Å². The Kier molecular flexibility index (Phi) is 4.78. The van der Waals surface area contributed by atoms with Crippen LogP contribution in [0.4, 0.5) is 8.78 Å². The minimum Gasteiger partial charge on any atom is -0.511 e. The van der Waals surface area contributed by atoms with Gasteiger partial charge >= 0.3 is 0 Å². The van der Waals surface area contributed by atoms with Gasteiger partial charge in [0.1, 0.15) is 5.76 Å². The van der Waals surface area contributed by atoms with Crippen molar-refractivity contribution in [3.8, 4) is 0 Å². The first-order chi connectivity index (χ1) is 14.8. The number of carbonyl (C=O) groups is 1. The molecule has 0 amide bonds. The van der Waals surface area contributed by atoms with Crippen molar-refractivity contribution in [1.82, 2.24) is 0 Å². The standard InChI is InChI=1S/C26H26F2O3/c1-4-13-8-12(3)9-14(5-2)20(13)22-24(29)21-19-11-16(26(31-19)23(21)25(22)30)15-6-7-17(27)18(28)10-15/h6-10,16,19,21,23,26,30H,4-5,11H2,1-3H3/t16-,19-,21-,23+,26+/m0/s1. The van der Waals surface area contributed by atoms with Gasteiger partial charge in [0.15, 0.2) is 17.4 Å². The van der Waals surface area contributed by atoms with Gasteiger partial charge in [-0.3, -0.25) is 4.79 Å². The zero-order valence-corrected chi connectivity index (χ0v) is 17.9. The summed E-state index contributed by atoms with van der Waals surface area (Å²) in [5.74, 6) is -2.74. The van der Waals surface area contributed by atoms with Gasteiger partial charge in [0.25, 0.3) is 0 Å². The lowest BCUT2D eigenvalue weighted by atomic mass is 9.72. The highest BCUT2D eigenvalue weighted by atomic mass is 19.2. The molecule has 0 radical (unpaired) electrons. The van der Waals surface area contributed by atoms with Crippen LogP contribution in [-0.4, -0.2) is 23.1 Å². The highest BCUT2D eigenvalue weighted by Gasteiger charge is 2.62. The number of hydrogen-bond donors (Lipinski definition) is 1. The minimum absolute atomic E-state index is 0.0491. The molecule has 31 heavy (non-hydrogen) atoms. The van der Waals surface area contributed by atoms with Gasteiger partial charge < -0.3 is 9.84 Å². The van der Waals surface area contributed by atoms with Gasteiger partial charge in [0.05, 0.1) is 29.6 Å². The third kappa shape index (κ3) is 2.89. The van der Waals surface area contributed by atoms with Crippen LogP contribution in [0.15, 0.2) is 36.1 Å². The van der Waals surface area contributed by atoms with Crippen molar-refractivity contribution in [2.24, 2.45) is 11.8 Å². The number of hydrogen-bond acceptors (Lipinski definition) is 3. The Bertz CT molecular complexity index is 1090. The summed E-state index contributed by atoms with van der Waals surface area (Å²) in [5.41, 5.74) is 5.24. The second-order valence-corrected chi connectivity index (χ2v) is 9.00. The molecule has 3 aliphatic rings. The molecular formula is C26H26F2O3. The Hall–Kier alpha value is -2.53. The number of fused-ring (bicyclic) bond motifs is 5. The summed E-state index contributed by atoms with van der Waals surface area (Å²) in [6.45, 7) is 6.16. The van der Waals surface area contributed by atoms with Crippen LogP contribution < -0.4 is 0 Å². The number of aliphatic hydroxyl groups excluding tert-OH is 1. The van der Waals surface area contributed by atoms with Crippen molar-refractivity contribution < 1.29 is 23.4 Å². The molecule has 2 aliphatic heterocycles. The van der Waals surface area contributed by atoms with E-state index >= 15 is 0 Å². The number of ketones is 1. The first-order valence-corrected chi connectivity index (χ1v) is 11.1. The molecule has 1 aliphatic carbocycles. The molecule has 5 heteroatoms. The second kappa shape index (κ2) is 7.27. The Morgan fingerprint density at radius 1 is 1.03 bits per heavy atom. The Morgan fingerprint density at radius 2 is 1.71 bits per heavy atom. The van der Waals surface area contributed by atoms with E-state index in [1.54, 1.807) is 6.07 Å². The van der Waals surface area contributed by atoms with Crippen LogP contribution in [0.25, 0.3) is 5.57 Å². The fourth-order valence-corrected chi connectivity index (χ4v) is 6.00. The summed E-state index contributed by atoms with van der Waals surface area (Å²) in [4.78, 5) is 13.5. The second-order valence-electron chi connectivity index (χ2n) is 9.00. The number of carbonyl (C=O) groups excluding carboxylic acids is 1. The molecule has 2 bridgehead atoms. The largest absolute Gasteiger partial charge is 0.511 e. The Morgan fingerprint density at radius 3 is 2.32 bits per heavy atom. The third-order valence-corrected chi connectivity index (χ3v) is 7.31. The molecule has 5 rings (SSSR count). The molecule has 2 heterocycles. The maximum atomic E-state index is 13.8. The Balaban J connectivity index is 1.59. The fraction of sp³-hybridized carbons (Fsp3) is 0.423. The summed E-state index contributed by atoms with van der Waals surface area (Å²) < 4.78 is 33.4. The first-order valence-electron chi connectivity index (χ1n) is 11.1. The number of aliphatic hydroxyl groups is 1. The van der Waals surface area contributed by atoms with Crippen LogP contribution in [-0.2, 0) is 22.4 Å². The number of Topliss-reactive ketones (excluding diaryl/α,β-unsaturated/α-hetero) is 1. The molecule has 2 aromatic rings. The summed E-state index contributed by atoms with van der Waals surface area (Å²) in [7, 11) is 0. The topological polar surface area (TPSA) is 46.5 Å². The van der Waals surface area contributed by atoms with Crippen LogP contribution >= 0.6 is 0 Å². The first kappa shape index (κ1) is 20.4. The summed E-state index contributed by atoms with van der Waals surface area (Å²) >= 11 is 0. The van der Waals surface area contributed by atoms with E-state index in [-0.39, 0.29) is 23.6 Å². The van der Waals surface area contributed by atoms with E-state index in [9.17, 15) is 18.7 Å². The summed E-state index contributed by atoms with van der Waals surface area (Å²) in [5, 5.41) is 11.3. The molecule has 1 N–H and O–H groups in total. The van der Waals surface area contributed by atoms with E-state index in [1.807, 2.05) is 6.92 Å². The smallest absolute Gasteiger partial charge is 0.173 e. The van der Waals surface area contributed by atoms with Gasteiger partial charge in [-0.05, 0) is 60.6 Å². The number of halogens is 2. The molecule has 3 nitrogen and oxygen atoms in total. The van der Waals surface area contributed by atoms with Crippen molar-refractivity contribution in [2.75, 3.05) is 0 Å². The number of aryl methyl sites for hydroxylation is 3. The molecular weight excluding hydrogens is 398 g/mol. The molecule has 0 unspecified atom stereocenters. The van der Waals surface area contributed by atoms with Gasteiger partial charge in [-0.15, -0.1) is 0 Å². The predicted molar refractivity (Wildman–Crippen MR) is 114 cm³/mol. The lowest BCUT2D eigenvalue weighted by Gasteiger charge is -2.27. The lowest BCUT2D eigenvalue weighted by Crippen LogP contribution is -2.33. The fourth-order valence-electron chi connectivity index (χ4n) is 6.00. The number of benzene rings is 2. The van der Waals surface area contributed by atoms with Gasteiger partial charge in [-0.25, -0.2) is 8.78 Å². The highest BCUT2D eigenvalue weighted by Crippen LogP contribution is 2.58. The van der Waals surface area contributed by atoms with Crippen molar-refractivity contribution in [3.63, 3.8) is 0 Å². The average Bonchev–Trinajstić information content (AvgIpc) is 3.41. The van der Waals surface area contributed by atoms with Crippen LogP contribution in [0, 0.1) is 30.4 Å². The lowest BCUT2D eigenvalue weighted by molar-refractivity contribution is -0.118. The van der Waals surface area contributed by atoms with Gasteiger partial charge in [-0.1, -0.05) is 37.6 Å². The molecule has 162 valence electrons. The van der Waals surface area contributed by atoms with Crippen molar-refractivity contribution in [1.29, 1.82) is 0 Å². The molecule has 0 aromatic heterocycles. The number of rotatable bonds is 4. The molecule has 0 spiro atoms. The molecule has 0 saturated carbocycles. The van der Waals surface area contributed by atoms with E-state index in [2.05, 4.69) is 26.0 Å². The van der Waals surface area contributed by atoms with Crippen LogP contribution in [0.5, 0.6) is 0 Å². The highest BCUT2D eigenvalue weighted by molar-refractivity contribution is 6.26. The van der Waals surface area contributed by atoms with Gasteiger partial charge in [0.2, 0.25) is 0 Å². The normalized spacial score (nSPS) is 29.2. The molecule has 2 aromatic carbocycles. The minimum atomic E-state index is -0.889. The van der Waals surface area contributed by atoms with Crippen LogP contribution in [0.1, 0.15) is 54.0 Å². The van der Waals surface area contributed by atoms with Crippen molar-refractivity contribution in [2.45, 2.75) is 58.2 Å². The SMILES string of the molecule is CCc1cc(C)cc(CC)c1C1=C(O)[C@@H]2[C@@H]3O[C@@H](C[C@H]3c3ccc(F)c(F)c3)[C@@H]2C1=O. The van der Waals surface area contributed by atoms with Crippen molar-refractivity contribution >= 4 is 11.4 Å². The molecule has 2 saturated heterocycles. The maximum Gasteiger partial charge on any atom is 0.173 e. The number of allylic oxidation sites excluding steroid dienone is 1. The zero-order chi connectivity index (χ0) is 22.0. The monoisotopic (exact) mass is 424 g/mol. The van der Waals surface area contributed by atoms with E-state index in [0.717, 1.165) is 41.2 Å². The predicted octanol–water partition coefficient (Wildman–Crippen LogP) is 5.44.